The van der Waals surface area contributed by atoms with Crippen molar-refractivity contribution in [1.29, 1.82) is 5.41 Å². The highest BCUT2D eigenvalue weighted by atomic mass is 19.3. The molecule has 0 bridgehead atoms. The zero-order chi connectivity index (χ0) is 21.8. The highest BCUT2D eigenvalue weighted by Gasteiger charge is 2.30. The van der Waals surface area contributed by atoms with Crippen LogP contribution in [0, 0.1) is 18.3 Å². The summed E-state index contributed by atoms with van der Waals surface area (Å²) in [5, 5.41) is 12.9. The number of methoxy groups -OCH3 is 1. The van der Waals surface area contributed by atoms with Gasteiger partial charge in [0.2, 0.25) is 11.8 Å². The molecule has 2 amide bonds. The van der Waals surface area contributed by atoms with Gasteiger partial charge in [-0.1, -0.05) is 12.1 Å². The summed E-state index contributed by atoms with van der Waals surface area (Å²) in [6.07, 6.45) is 0. The maximum absolute atomic E-state index is 13.5. The number of aryl methyl sites for hydroxylation is 1. The summed E-state index contributed by atoms with van der Waals surface area (Å²) in [6, 6.07) is 10.2. The molecule has 2 aromatic carbocycles. The van der Waals surface area contributed by atoms with Gasteiger partial charge in [-0.05, 0) is 49.7 Å². The van der Waals surface area contributed by atoms with E-state index in [9.17, 15) is 18.4 Å². The number of amides is 2. The van der Waals surface area contributed by atoms with Gasteiger partial charge in [-0.2, -0.15) is 0 Å². The Balaban J connectivity index is 2.18. The lowest BCUT2D eigenvalue weighted by Gasteiger charge is -2.17. The number of alkyl halides is 2. The number of hydrogen-bond donors (Lipinski definition) is 3. The van der Waals surface area contributed by atoms with Gasteiger partial charge in [0.05, 0.1) is 7.11 Å². The minimum atomic E-state index is -3.07. The molecule has 0 aliphatic carbocycles. The van der Waals surface area contributed by atoms with Crippen LogP contribution in [0.2, 0.25) is 0 Å². The lowest BCUT2D eigenvalue weighted by molar-refractivity contribution is -0.126. The Morgan fingerprint density at radius 3 is 2.14 bits per heavy atom. The molecule has 0 aliphatic rings. The normalized spacial score (nSPS) is 12.1. The van der Waals surface area contributed by atoms with Crippen molar-refractivity contribution in [3.63, 3.8) is 0 Å². The average Bonchev–Trinajstić information content (AvgIpc) is 2.61. The van der Waals surface area contributed by atoms with Crippen molar-refractivity contribution >= 4 is 28.9 Å². The number of hydrogen-bond acceptors (Lipinski definition) is 4. The molecule has 1 atom stereocenters. The Kier molecular flexibility index (Phi) is 6.68. The Morgan fingerprint density at radius 2 is 1.66 bits per heavy atom. The van der Waals surface area contributed by atoms with E-state index in [1.807, 2.05) is 0 Å². The molecule has 0 fully saturated rings. The molecule has 0 aromatic heterocycles. The van der Waals surface area contributed by atoms with Gasteiger partial charge in [-0.3, -0.25) is 9.59 Å². The first-order valence-electron chi connectivity index (χ1n) is 8.82. The first-order chi connectivity index (χ1) is 13.5. The molecule has 1 unspecified atom stereocenters. The third-order valence-electron chi connectivity index (χ3n) is 4.26. The third-order valence-corrected chi connectivity index (χ3v) is 4.26. The fourth-order valence-electron chi connectivity index (χ4n) is 2.77. The van der Waals surface area contributed by atoms with Crippen molar-refractivity contribution < 1.29 is 23.1 Å². The van der Waals surface area contributed by atoms with E-state index in [0.29, 0.717) is 11.4 Å². The van der Waals surface area contributed by atoms with Crippen LogP contribution in [0.4, 0.5) is 20.2 Å². The van der Waals surface area contributed by atoms with Crippen molar-refractivity contribution in [2.24, 2.45) is 5.92 Å². The van der Waals surface area contributed by atoms with Gasteiger partial charge in [0, 0.05) is 29.6 Å². The molecule has 2 aromatic rings. The topological polar surface area (TPSA) is 91.3 Å². The first-order valence-corrected chi connectivity index (χ1v) is 8.82. The second-order valence-electron chi connectivity index (χ2n) is 6.75. The second kappa shape index (κ2) is 8.81. The highest BCUT2D eigenvalue weighted by Crippen LogP contribution is 2.29. The Morgan fingerprint density at radius 1 is 1.07 bits per heavy atom. The minimum absolute atomic E-state index is 0.119. The summed E-state index contributed by atoms with van der Waals surface area (Å²) in [7, 11) is 1.53. The Labute approximate surface area is 167 Å². The predicted molar refractivity (Wildman–Crippen MR) is 108 cm³/mol. The van der Waals surface area contributed by atoms with Crippen LogP contribution in [0.25, 0.3) is 0 Å². The van der Waals surface area contributed by atoms with Crippen LogP contribution in [0.1, 0.15) is 25.0 Å². The van der Waals surface area contributed by atoms with Crippen LogP contribution < -0.4 is 15.4 Å². The van der Waals surface area contributed by atoms with Crippen LogP contribution in [-0.2, 0) is 15.5 Å². The number of nitrogens with one attached hydrogen (secondary N) is 3. The zero-order valence-electron chi connectivity index (χ0n) is 16.6. The van der Waals surface area contributed by atoms with Gasteiger partial charge in [0.1, 0.15) is 5.75 Å². The Hall–Kier alpha value is -3.29. The highest BCUT2D eigenvalue weighted by molar-refractivity contribution is 6.24. The van der Waals surface area contributed by atoms with Gasteiger partial charge in [0.25, 0.3) is 5.92 Å². The van der Waals surface area contributed by atoms with Gasteiger partial charge in [-0.25, -0.2) is 8.78 Å². The van der Waals surface area contributed by atoms with E-state index in [2.05, 4.69) is 10.6 Å². The van der Waals surface area contributed by atoms with Crippen molar-refractivity contribution in [1.82, 2.24) is 0 Å². The molecule has 6 nitrogen and oxygen atoms in total. The van der Waals surface area contributed by atoms with E-state index in [1.165, 1.54) is 32.2 Å². The zero-order valence-corrected chi connectivity index (χ0v) is 16.6. The fourth-order valence-corrected chi connectivity index (χ4v) is 2.77. The number of benzene rings is 2. The molecular formula is C21H23F2N3O3. The quantitative estimate of drug-likeness (QED) is 0.474. The maximum Gasteiger partial charge on any atom is 0.270 e. The van der Waals surface area contributed by atoms with Crippen LogP contribution in [0.15, 0.2) is 42.5 Å². The van der Waals surface area contributed by atoms with Gasteiger partial charge >= 0.3 is 0 Å². The first kappa shape index (κ1) is 22.0. The fraction of sp³-hybridized carbons (Fsp3) is 0.286. The molecule has 0 saturated carbocycles. The molecule has 154 valence electrons. The lowest BCUT2D eigenvalue weighted by Crippen LogP contribution is -2.38. The molecule has 0 aliphatic heterocycles. The molecule has 0 radical (unpaired) electrons. The molecule has 0 spiro atoms. The summed E-state index contributed by atoms with van der Waals surface area (Å²) in [5.41, 5.74) is 0.905. The molecule has 2 rings (SSSR count). The smallest absolute Gasteiger partial charge is 0.270 e. The molecule has 3 N–H and O–H groups in total. The molecule has 8 heteroatoms. The minimum Gasteiger partial charge on any atom is -0.496 e. The molecule has 0 saturated heterocycles. The van der Waals surface area contributed by atoms with E-state index >= 15 is 0 Å². The van der Waals surface area contributed by atoms with E-state index in [1.54, 1.807) is 25.1 Å². The third kappa shape index (κ3) is 5.60. The maximum atomic E-state index is 13.5. The van der Waals surface area contributed by atoms with E-state index in [4.69, 9.17) is 10.1 Å². The van der Waals surface area contributed by atoms with Crippen LogP contribution in [0.5, 0.6) is 5.75 Å². The van der Waals surface area contributed by atoms with Crippen molar-refractivity contribution in [3.8, 4) is 5.75 Å². The summed E-state index contributed by atoms with van der Waals surface area (Å²) < 4.78 is 32.2. The SMILES string of the molecule is COc1ccc(NC(=O)C(C(C)=N)C(=O)Nc2cccc(C(C)(F)F)c2)cc1C. The predicted octanol–water partition coefficient (Wildman–Crippen LogP) is 4.35. The van der Waals surface area contributed by atoms with E-state index in [0.717, 1.165) is 18.6 Å². The largest absolute Gasteiger partial charge is 0.496 e. The van der Waals surface area contributed by atoms with Crippen LogP contribution in [0.3, 0.4) is 0 Å². The monoisotopic (exact) mass is 403 g/mol. The van der Waals surface area contributed by atoms with Gasteiger partial charge in [0.15, 0.2) is 5.92 Å². The summed E-state index contributed by atoms with van der Waals surface area (Å²) in [4.78, 5) is 25.2. The molecular weight excluding hydrogens is 380 g/mol. The summed E-state index contributed by atoms with van der Waals surface area (Å²) >= 11 is 0. The number of carbonyl (C=O) groups excluding carboxylic acids is 2. The standard InChI is InChI=1S/C21H23F2N3O3/c1-12-10-16(8-9-17(12)29-4)26-20(28)18(13(2)24)19(27)25-15-7-5-6-14(11-15)21(3,22)23/h5-11,18,24H,1-4H3,(H,25,27)(H,26,28). The number of ether oxygens (including phenoxy) is 1. The molecule has 0 heterocycles. The summed E-state index contributed by atoms with van der Waals surface area (Å²) in [5.74, 6) is -5.31. The number of rotatable bonds is 7. The van der Waals surface area contributed by atoms with Crippen molar-refractivity contribution in [2.75, 3.05) is 17.7 Å². The summed E-state index contributed by atoms with van der Waals surface area (Å²) in [6.45, 7) is 3.89. The average molecular weight is 403 g/mol. The van der Waals surface area contributed by atoms with Crippen LogP contribution >= 0.6 is 0 Å². The second-order valence-corrected chi connectivity index (χ2v) is 6.75. The van der Waals surface area contributed by atoms with Gasteiger partial charge < -0.3 is 20.8 Å². The van der Waals surface area contributed by atoms with Crippen molar-refractivity contribution in [2.45, 2.75) is 26.7 Å². The molecule has 29 heavy (non-hydrogen) atoms. The number of halogens is 2. The van der Waals surface area contributed by atoms with Gasteiger partial charge in [-0.15, -0.1) is 0 Å². The van der Waals surface area contributed by atoms with Crippen molar-refractivity contribution in [3.05, 3.63) is 53.6 Å². The Bertz CT molecular complexity index is 939. The van der Waals surface area contributed by atoms with Crippen LogP contribution in [-0.4, -0.2) is 24.6 Å². The van der Waals surface area contributed by atoms with E-state index < -0.39 is 23.7 Å². The van der Waals surface area contributed by atoms with E-state index in [-0.39, 0.29) is 17.0 Å². The lowest BCUT2D eigenvalue weighted by atomic mass is 10.0. The number of anilines is 2. The number of carbonyl (C=O) groups is 2.